The lowest BCUT2D eigenvalue weighted by atomic mass is 10.2. The monoisotopic (exact) mass is 261 g/mol. The van der Waals surface area contributed by atoms with Crippen LogP contribution in [-0.2, 0) is 16.3 Å². The van der Waals surface area contributed by atoms with Crippen LogP contribution in [0.15, 0.2) is 4.52 Å². The lowest BCUT2D eigenvalue weighted by Crippen LogP contribution is -2.16. The standard InChI is InChI=1S/C10H19N3O3S/c1-3-4-5-9-12-10(16-13-9)8(11)6-7-17(2,14)15/h8H,3-7,11H2,1-2H3. The summed E-state index contributed by atoms with van der Waals surface area (Å²) in [6.07, 6.45) is 4.30. The first-order chi connectivity index (χ1) is 7.92. The Morgan fingerprint density at radius 2 is 2.18 bits per heavy atom. The van der Waals surface area contributed by atoms with Crippen LogP contribution < -0.4 is 5.73 Å². The zero-order valence-electron chi connectivity index (χ0n) is 10.2. The first-order valence-electron chi connectivity index (χ1n) is 5.68. The third-order valence-electron chi connectivity index (χ3n) is 2.35. The number of rotatable bonds is 7. The second-order valence-electron chi connectivity index (χ2n) is 4.18. The number of nitrogens with two attached hydrogens (primary N) is 1. The smallest absolute Gasteiger partial charge is 0.243 e. The van der Waals surface area contributed by atoms with Gasteiger partial charge in [-0.15, -0.1) is 0 Å². The van der Waals surface area contributed by atoms with Crippen molar-refractivity contribution in [2.45, 2.75) is 38.6 Å². The molecule has 0 radical (unpaired) electrons. The minimum Gasteiger partial charge on any atom is -0.338 e. The molecule has 0 fully saturated rings. The summed E-state index contributed by atoms with van der Waals surface area (Å²) in [6.45, 7) is 2.08. The van der Waals surface area contributed by atoms with Gasteiger partial charge < -0.3 is 10.3 Å². The molecule has 2 N–H and O–H groups in total. The van der Waals surface area contributed by atoms with Crippen molar-refractivity contribution >= 4 is 9.84 Å². The quantitative estimate of drug-likeness (QED) is 0.781. The Morgan fingerprint density at radius 1 is 1.47 bits per heavy atom. The molecule has 6 nitrogen and oxygen atoms in total. The van der Waals surface area contributed by atoms with Gasteiger partial charge in [0.05, 0.1) is 11.8 Å². The molecule has 0 saturated carbocycles. The fourth-order valence-electron chi connectivity index (χ4n) is 1.32. The van der Waals surface area contributed by atoms with Crippen LogP contribution in [0.1, 0.15) is 43.9 Å². The van der Waals surface area contributed by atoms with E-state index in [2.05, 4.69) is 17.1 Å². The molecular formula is C10H19N3O3S. The van der Waals surface area contributed by atoms with E-state index in [0.717, 1.165) is 19.3 Å². The van der Waals surface area contributed by atoms with Gasteiger partial charge in [-0.2, -0.15) is 4.98 Å². The molecule has 0 amide bonds. The molecule has 0 aliphatic carbocycles. The summed E-state index contributed by atoms with van der Waals surface area (Å²) < 4.78 is 27.0. The largest absolute Gasteiger partial charge is 0.338 e. The number of aromatic nitrogens is 2. The van der Waals surface area contributed by atoms with Crippen molar-refractivity contribution in [1.29, 1.82) is 0 Å². The van der Waals surface area contributed by atoms with Crippen molar-refractivity contribution in [1.82, 2.24) is 10.1 Å². The van der Waals surface area contributed by atoms with Gasteiger partial charge in [0, 0.05) is 12.7 Å². The lowest BCUT2D eigenvalue weighted by Gasteiger charge is -2.04. The van der Waals surface area contributed by atoms with Crippen molar-refractivity contribution in [3.05, 3.63) is 11.7 Å². The van der Waals surface area contributed by atoms with Crippen molar-refractivity contribution in [2.24, 2.45) is 5.73 Å². The maximum atomic E-state index is 11.0. The van der Waals surface area contributed by atoms with Crippen LogP contribution in [0.4, 0.5) is 0 Å². The van der Waals surface area contributed by atoms with Crippen LogP contribution in [0, 0.1) is 0 Å². The van der Waals surface area contributed by atoms with E-state index in [0.29, 0.717) is 18.1 Å². The van der Waals surface area contributed by atoms with Gasteiger partial charge in [-0.25, -0.2) is 8.42 Å². The molecule has 1 heterocycles. The second kappa shape index (κ2) is 6.11. The molecule has 0 aliphatic rings. The Bertz CT molecular complexity index is 441. The molecule has 98 valence electrons. The van der Waals surface area contributed by atoms with Crippen LogP contribution in [0.3, 0.4) is 0 Å². The Morgan fingerprint density at radius 3 is 2.76 bits per heavy atom. The maximum Gasteiger partial charge on any atom is 0.243 e. The first-order valence-corrected chi connectivity index (χ1v) is 7.74. The van der Waals surface area contributed by atoms with E-state index in [1.54, 1.807) is 0 Å². The lowest BCUT2D eigenvalue weighted by molar-refractivity contribution is 0.348. The molecule has 17 heavy (non-hydrogen) atoms. The van der Waals surface area contributed by atoms with Gasteiger partial charge >= 0.3 is 0 Å². The number of hydrogen-bond acceptors (Lipinski definition) is 6. The Labute approximate surface area is 102 Å². The van der Waals surface area contributed by atoms with Crippen LogP contribution >= 0.6 is 0 Å². The minimum absolute atomic E-state index is 0.0286. The molecule has 0 spiro atoms. The van der Waals surface area contributed by atoms with Crippen LogP contribution in [0.25, 0.3) is 0 Å². The highest BCUT2D eigenvalue weighted by molar-refractivity contribution is 7.90. The van der Waals surface area contributed by atoms with Gasteiger partial charge in [-0.1, -0.05) is 18.5 Å². The average Bonchev–Trinajstić information content (AvgIpc) is 2.70. The van der Waals surface area contributed by atoms with Gasteiger partial charge in [-0.3, -0.25) is 0 Å². The predicted molar refractivity (Wildman–Crippen MR) is 64.2 cm³/mol. The predicted octanol–water partition coefficient (Wildman–Crippen LogP) is 0.847. The fraction of sp³-hybridized carbons (Fsp3) is 0.800. The topological polar surface area (TPSA) is 99.1 Å². The van der Waals surface area contributed by atoms with E-state index in [9.17, 15) is 8.42 Å². The highest BCUT2D eigenvalue weighted by atomic mass is 32.2. The molecule has 1 rings (SSSR count). The molecule has 7 heteroatoms. The number of sulfone groups is 1. The average molecular weight is 261 g/mol. The van der Waals surface area contributed by atoms with Crippen LogP contribution in [0.2, 0.25) is 0 Å². The maximum absolute atomic E-state index is 11.0. The van der Waals surface area contributed by atoms with Gasteiger partial charge in [0.2, 0.25) is 5.89 Å². The summed E-state index contributed by atoms with van der Waals surface area (Å²) in [5.41, 5.74) is 5.78. The summed E-state index contributed by atoms with van der Waals surface area (Å²) in [6, 6.07) is -0.507. The van der Waals surface area contributed by atoms with Gasteiger partial charge in [0.25, 0.3) is 0 Å². The molecule has 0 bridgehead atoms. The highest BCUT2D eigenvalue weighted by Crippen LogP contribution is 2.13. The van der Waals surface area contributed by atoms with E-state index in [-0.39, 0.29) is 5.75 Å². The molecule has 1 atom stereocenters. The van der Waals surface area contributed by atoms with Crippen molar-refractivity contribution in [3.63, 3.8) is 0 Å². The second-order valence-corrected chi connectivity index (χ2v) is 6.44. The SMILES string of the molecule is CCCCc1noc(C(N)CCS(C)(=O)=O)n1. The highest BCUT2D eigenvalue weighted by Gasteiger charge is 2.16. The van der Waals surface area contributed by atoms with E-state index in [1.807, 2.05) is 0 Å². The Hall–Kier alpha value is -0.950. The zero-order chi connectivity index (χ0) is 12.9. The third-order valence-corrected chi connectivity index (χ3v) is 3.33. The summed E-state index contributed by atoms with van der Waals surface area (Å²) in [4.78, 5) is 4.15. The summed E-state index contributed by atoms with van der Waals surface area (Å²) >= 11 is 0. The van der Waals surface area contributed by atoms with Gasteiger partial charge in [-0.05, 0) is 12.8 Å². The molecular weight excluding hydrogens is 242 g/mol. The van der Waals surface area contributed by atoms with E-state index >= 15 is 0 Å². The summed E-state index contributed by atoms with van der Waals surface area (Å²) in [7, 11) is -3.00. The molecule has 1 aromatic heterocycles. The van der Waals surface area contributed by atoms with Gasteiger partial charge in [0.1, 0.15) is 9.84 Å². The first kappa shape index (κ1) is 14.1. The fourth-order valence-corrected chi connectivity index (χ4v) is 2.00. The molecule has 0 aromatic carbocycles. The number of nitrogens with zero attached hydrogens (tertiary/aromatic N) is 2. The molecule has 0 saturated heterocycles. The molecule has 1 aromatic rings. The van der Waals surface area contributed by atoms with Crippen molar-refractivity contribution < 1.29 is 12.9 Å². The minimum atomic E-state index is -3.00. The Balaban J connectivity index is 2.51. The van der Waals surface area contributed by atoms with Crippen molar-refractivity contribution in [2.75, 3.05) is 12.0 Å². The van der Waals surface area contributed by atoms with Crippen LogP contribution in [-0.4, -0.2) is 30.6 Å². The molecule has 0 aliphatic heterocycles. The van der Waals surface area contributed by atoms with E-state index < -0.39 is 15.9 Å². The normalized spacial score (nSPS) is 13.8. The van der Waals surface area contributed by atoms with E-state index in [4.69, 9.17) is 10.3 Å². The molecule has 1 unspecified atom stereocenters. The zero-order valence-corrected chi connectivity index (χ0v) is 11.0. The van der Waals surface area contributed by atoms with E-state index in [1.165, 1.54) is 6.26 Å². The summed E-state index contributed by atoms with van der Waals surface area (Å²) in [5.74, 6) is 0.984. The Kier molecular flexibility index (Phi) is 5.07. The summed E-state index contributed by atoms with van der Waals surface area (Å²) in [5, 5.41) is 3.80. The van der Waals surface area contributed by atoms with Crippen LogP contribution in [0.5, 0.6) is 0 Å². The number of unbranched alkanes of at least 4 members (excludes halogenated alkanes) is 1. The number of hydrogen-bond donors (Lipinski definition) is 1. The number of aryl methyl sites for hydroxylation is 1. The third kappa shape index (κ3) is 5.27. The van der Waals surface area contributed by atoms with Gasteiger partial charge in [0.15, 0.2) is 5.82 Å². The van der Waals surface area contributed by atoms with Crippen molar-refractivity contribution in [3.8, 4) is 0 Å².